The zero-order valence-electron chi connectivity index (χ0n) is 12.7. The molecule has 0 saturated heterocycles. The molecule has 1 aromatic carbocycles. The summed E-state index contributed by atoms with van der Waals surface area (Å²) in [5, 5.41) is 0. The number of halogens is 4. The van der Waals surface area contributed by atoms with Crippen molar-refractivity contribution in [2.75, 3.05) is 13.7 Å². The summed E-state index contributed by atoms with van der Waals surface area (Å²) in [6.07, 6.45) is -3.62. The average Bonchev–Trinajstić information content (AvgIpc) is 2.54. The van der Waals surface area contributed by atoms with Gasteiger partial charge in [0.05, 0.1) is 0 Å². The minimum absolute atomic E-state index is 0.0964. The zero-order chi connectivity index (χ0) is 17.7. The first kappa shape index (κ1) is 17.7. The van der Waals surface area contributed by atoms with E-state index in [9.17, 15) is 22.4 Å². The quantitative estimate of drug-likeness (QED) is 0.783. The smallest absolute Gasteiger partial charge is 0.433 e. The van der Waals surface area contributed by atoms with Crippen LogP contribution in [0.5, 0.6) is 5.75 Å². The van der Waals surface area contributed by atoms with E-state index in [1.54, 1.807) is 12.1 Å². The van der Waals surface area contributed by atoms with E-state index in [2.05, 4.69) is 4.98 Å². The molecule has 0 bridgehead atoms. The lowest BCUT2D eigenvalue weighted by Crippen LogP contribution is -2.31. The topological polar surface area (TPSA) is 42.4 Å². The van der Waals surface area contributed by atoms with Crippen LogP contribution >= 0.6 is 0 Å². The summed E-state index contributed by atoms with van der Waals surface area (Å²) in [6.45, 7) is -0.189. The number of rotatable bonds is 5. The van der Waals surface area contributed by atoms with Crippen LogP contribution in [-0.2, 0) is 17.5 Å². The number of hydrogen-bond acceptors (Lipinski definition) is 3. The number of pyridine rings is 1. The van der Waals surface area contributed by atoms with Crippen LogP contribution < -0.4 is 4.74 Å². The predicted molar refractivity (Wildman–Crippen MR) is 77.6 cm³/mol. The Balaban J connectivity index is 1.91. The van der Waals surface area contributed by atoms with E-state index in [1.807, 2.05) is 0 Å². The molecule has 1 heterocycles. The van der Waals surface area contributed by atoms with Crippen molar-refractivity contribution in [1.82, 2.24) is 9.88 Å². The Hall–Kier alpha value is -2.64. The van der Waals surface area contributed by atoms with Crippen LogP contribution in [0.3, 0.4) is 0 Å². The number of benzene rings is 1. The van der Waals surface area contributed by atoms with Crippen LogP contribution in [0.1, 0.15) is 11.3 Å². The summed E-state index contributed by atoms with van der Waals surface area (Å²) >= 11 is 0. The lowest BCUT2D eigenvalue weighted by atomic mass is 10.2. The summed E-state index contributed by atoms with van der Waals surface area (Å²) < 4.78 is 55.5. The molecule has 0 aliphatic rings. The molecule has 128 valence electrons. The minimum Gasteiger partial charge on any atom is -0.484 e. The number of ether oxygens (including phenoxy) is 1. The van der Waals surface area contributed by atoms with Crippen LogP contribution in [0.2, 0.25) is 0 Å². The number of aromatic nitrogens is 1. The van der Waals surface area contributed by atoms with Crippen LogP contribution in [0, 0.1) is 5.82 Å². The Kier molecular flexibility index (Phi) is 5.38. The fourth-order valence-electron chi connectivity index (χ4n) is 1.86. The van der Waals surface area contributed by atoms with Gasteiger partial charge in [0.25, 0.3) is 5.91 Å². The Labute approximate surface area is 135 Å². The van der Waals surface area contributed by atoms with Crippen molar-refractivity contribution in [1.29, 1.82) is 0 Å². The lowest BCUT2D eigenvalue weighted by Gasteiger charge is -2.17. The molecule has 1 aromatic heterocycles. The Morgan fingerprint density at radius 3 is 2.50 bits per heavy atom. The molecule has 0 unspecified atom stereocenters. The highest BCUT2D eigenvalue weighted by atomic mass is 19.4. The van der Waals surface area contributed by atoms with Crippen molar-refractivity contribution in [3.05, 3.63) is 59.7 Å². The molecular formula is C16H14F4N2O2. The monoisotopic (exact) mass is 342 g/mol. The normalized spacial score (nSPS) is 11.2. The van der Waals surface area contributed by atoms with Gasteiger partial charge in [-0.3, -0.25) is 9.78 Å². The van der Waals surface area contributed by atoms with E-state index >= 15 is 0 Å². The highest BCUT2D eigenvalue weighted by molar-refractivity contribution is 5.77. The van der Waals surface area contributed by atoms with Crippen molar-refractivity contribution in [2.24, 2.45) is 0 Å². The molecule has 4 nitrogen and oxygen atoms in total. The van der Waals surface area contributed by atoms with Gasteiger partial charge in [0.2, 0.25) is 0 Å². The number of likely N-dealkylation sites (N-methyl/N-ethyl adjacent to an activating group) is 1. The standard InChI is InChI=1S/C16H14F4N2O2/c1-22(9-11-2-4-12(17)5-3-11)15(23)10-24-13-6-7-21-14(8-13)16(18,19)20/h2-8H,9-10H2,1H3. The van der Waals surface area contributed by atoms with Crippen molar-refractivity contribution >= 4 is 5.91 Å². The molecule has 0 radical (unpaired) electrons. The molecule has 0 aliphatic heterocycles. The molecule has 2 rings (SSSR count). The SMILES string of the molecule is CN(Cc1ccc(F)cc1)C(=O)COc1ccnc(C(F)(F)F)c1. The van der Waals surface area contributed by atoms with Gasteiger partial charge in [-0.15, -0.1) is 0 Å². The van der Waals surface area contributed by atoms with E-state index in [1.165, 1.54) is 30.1 Å². The summed E-state index contributed by atoms with van der Waals surface area (Å²) in [7, 11) is 1.52. The third-order valence-electron chi connectivity index (χ3n) is 3.14. The zero-order valence-corrected chi connectivity index (χ0v) is 12.7. The van der Waals surface area contributed by atoms with Gasteiger partial charge >= 0.3 is 6.18 Å². The van der Waals surface area contributed by atoms with Gasteiger partial charge in [-0.2, -0.15) is 13.2 Å². The Morgan fingerprint density at radius 2 is 1.88 bits per heavy atom. The fourth-order valence-corrected chi connectivity index (χ4v) is 1.86. The lowest BCUT2D eigenvalue weighted by molar-refractivity contribution is -0.141. The number of amides is 1. The van der Waals surface area contributed by atoms with Gasteiger partial charge in [0.15, 0.2) is 6.61 Å². The number of carbonyl (C=O) groups is 1. The second-order valence-corrected chi connectivity index (χ2v) is 5.04. The van der Waals surface area contributed by atoms with Crippen molar-refractivity contribution < 1.29 is 27.1 Å². The predicted octanol–water partition coefficient (Wildman–Crippen LogP) is 3.28. The van der Waals surface area contributed by atoms with Gasteiger partial charge in [-0.1, -0.05) is 12.1 Å². The molecule has 0 aliphatic carbocycles. The second kappa shape index (κ2) is 7.29. The largest absolute Gasteiger partial charge is 0.484 e. The number of nitrogens with zero attached hydrogens (tertiary/aromatic N) is 2. The highest BCUT2D eigenvalue weighted by Gasteiger charge is 2.32. The summed E-state index contributed by atoms with van der Waals surface area (Å²) in [5.74, 6) is -0.903. The molecule has 0 fully saturated rings. The number of alkyl halides is 3. The van der Waals surface area contributed by atoms with Gasteiger partial charge < -0.3 is 9.64 Å². The van der Waals surface area contributed by atoms with E-state index in [0.29, 0.717) is 0 Å². The van der Waals surface area contributed by atoms with Crippen LogP contribution in [0.25, 0.3) is 0 Å². The highest BCUT2D eigenvalue weighted by Crippen LogP contribution is 2.29. The molecular weight excluding hydrogens is 328 g/mol. The third kappa shape index (κ3) is 4.94. The summed E-state index contributed by atoms with van der Waals surface area (Å²) in [6, 6.07) is 7.60. The van der Waals surface area contributed by atoms with Gasteiger partial charge in [-0.25, -0.2) is 4.39 Å². The summed E-state index contributed by atoms with van der Waals surface area (Å²) in [5.41, 5.74) is -0.373. The van der Waals surface area contributed by atoms with Gasteiger partial charge in [0.1, 0.15) is 17.3 Å². The van der Waals surface area contributed by atoms with E-state index in [4.69, 9.17) is 4.74 Å². The maximum atomic E-state index is 12.8. The first-order valence-electron chi connectivity index (χ1n) is 6.90. The van der Waals surface area contributed by atoms with Crippen LogP contribution in [0.4, 0.5) is 17.6 Å². The molecule has 2 aromatic rings. The van der Waals surface area contributed by atoms with E-state index < -0.39 is 24.4 Å². The molecule has 0 atom stereocenters. The molecule has 24 heavy (non-hydrogen) atoms. The Bertz CT molecular complexity index is 702. The fraction of sp³-hybridized carbons (Fsp3) is 0.250. The van der Waals surface area contributed by atoms with Crippen molar-refractivity contribution in [2.45, 2.75) is 12.7 Å². The van der Waals surface area contributed by atoms with Crippen LogP contribution in [0.15, 0.2) is 42.6 Å². The van der Waals surface area contributed by atoms with Crippen molar-refractivity contribution in [3.63, 3.8) is 0 Å². The molecule has 1 amide bonds. The maximum Gasteiger partial charge on any atom is 0.433 e. The molecule has 0 spiro atoms. The maximum absolute atomic E-state index is 12.8. The van der Waals surface area contributed by atoms with Gasteiger partial charge in [0, 0.05) is 25.9 Å². The Morgan fingerprint density at radius 1 is 1.21 bits per heavy atom. The number of hydrogen-bond donors (Lipinski definition) is 0. The second-order valence-electron chi connectivity index (χ2n) is 5.04. The first-order valence-corrected chi connectivity index (χ1v) is 6.90. The molecule has 0 N–H and O–H groups in total. The first-order chi connectivity index (χ1) is 11.3. The van der Waals surface area contributed by atoms with Crippen LogP contribution in [-0.4, -0.2) is 29.4 Å². The molecule has 8 heteroatoms. The number of carbonyl (C=O) groups excluding carboxylic acids is 1. The van der Waals surface area contributed by atoms with E-state index in [0.717, 1.165) is 17.8 Å². The average molecular weight is 342 g/mol. The minimum atomic E-state index is -4.58. The third-order valence-corrected chi connectivity index (χ3v) is 3.14. The van der Waals surface area contributed by atoms with E-state index in [-0.39, 0.29) is 18.1 Å². The van der Waals surface area contributed by atoms with Crippen molar-refractivity contribution in [3.8, 4) is 5.75 Å². The molecule has 0 saturated carbocycles. The summed E-state index contributed by atoms with van der Waals surface area (Å²) in [4.78, 5) is 16.5. The van der Waals surface area contributed by atoms with Gasteiger partial charge in [-0.05, 0) is 23.8 Å².